The molecule has 2 nitrogen and oxygen atoms in total. The highest BCUT2D eigenvalue weighted by Gasteiger charge is 2.16. The number of hydrogen-bond acceptors (Lipinski definition) is 2. The Labute approximate surface area is 131 Å². The Morgan fingerprint density at radius 2 is 1.86 bits per heavy atom. The van der Waals surface area contributed by atoms with Crippen LogP contribution in [0.15, 0.2) is 41.0 Å². The average molecular weight is 355 g/mol. The number of aromatic nitrogens is 1. The minimum atomic E-state index is -0.498. The smallest absolute Gasteiger partial charge is 0.129 e. The molecule has 1 unspecified atom stereocenters. The van der Waals surface area contributed by atoms with Crippen LogP contribution in [0, 0.1) is 11.6 Å². The van der Waals surface area contributed by atoms with E-state index in [0.29, 0.717) is 12.8 Å². The Morgan fingerprint density at radius 3 is 2.43 bits per heavy atom. The van der Waals surface area contributed by atoms with Crippen molar-refractivity contribution in [3.05, 3.63) is 63.9 Å². The number of halogens is 3. The third-order valence-electron chi connectivity index (χ3n) is 3.25. The van der Waals surface area contributed by atoms with Crippen LogP contribution >= 0.6 is 15.9 Å². The van der Waals surface area contributed by atoms with Gasteiger partial charge in [-0.05, 0) is 53.2 Å². The molecule has 0 fully saturated rings. The van der Waals surface area contributed by atoms with Crippen molar-refractivity contribution in [1.29, 1.82) is 0 Å². The number of likely N-dealkylation sites (N-methyl/N-ethyl adjacent to an activating group) is 1. The quantitative estimate of drug-likeness (QED) is 0.851. The van der Waals surface area contributed by atoms with E-state index in [4.69, 9.17) is 0 Å². The monoisotopic (exact) mass is 354 g/mol. The van der Waals surface area contributed by atoms with Gasteiger partial charge in [0.2, 0.25) is 0 Å². The first-order valence-corrected chi connectivity index (χ1v) is 7.66. The van der Waals surface area contributed by atoms with Crippen molar-refractivity contribution in [3.8, 4) is 0 Å². The summed E-state index contributed by atoms with van der Waals surface area (Å²) in [5.74, 6) is -0.997. The van der Waals surface area contributed by atoms with Crippen molar-refractivity contribution in [2.75, 3.05) is 6.54 Å². The van der Waals surface area contributed by atoms with E-state index >= 15 is 0 Å². The standard InChI is InChI=1S/C16H17BrF2N2/c1-2-20-13(8-12-7-6-11(17)10-21-12)9-14-15(18)4-3-5-16(14)19/h3-7,10,13,20H,2,8-9H2,1H3. The summed E-state index contributed by atoms with van der Waals surface area (Å²) >= 11 is 3.34. The van der Waals surface area contributed by atoms with E-state index in [-0.39, 0.29) is 11.6 Å². The van der Waals surface area contributed by atoms with Gasteiger partial charge in [-0.25, -0.2) is 8.78 Å². The van der Waals surface area contributed by atoms with Crippen molar-refractivity contribution >= 4 is 15.9 Å². The molecule has 0 saturated heterocycles. The van der Waals surface area contributed by atoms with E-state index in [0.717, 1.165) is 16.7 Å². The highest BCUT2D eigenvalue weighted by molar-refractivity contribution is 9.10. The molecule has 21 heavy (non-hydrogen) atoms. The van der Waals surface area contributed by atoms with E-state index < -0.39 is 11.6 Å². The van der Waals surface area contributed by atoms with Gasteiger partial charge in [0.05, 0.1) is 0 Å². The number of nitrogens with zero attached hydrogens (tertiary/aromatic N) is 1. The Hall–Kier alpha value is -1.33. The van der Waals surface area contributed by atoms with E-state index in [1.165, 1.54) is 18.2 Å². The van der Waals surface area contributed by atoms with Crippen LogP contribution in [0.2, 0.25) is 0 Å². The van der Waals surface area contributed by atoms with Crippen LogP contribution in [-0.4, -0.2) is 17.6 Å². The fourth-order valence-electron chi connectivity index (χ4n) is 2.26. The van der Waals surface area contributed by atoms with Gasteiger partial charge in [-0.2, -0.15) is 0 Å². The molecule has 0 spiro atoms. The molecular formula is C16H17BrF2N2. The second-order valence-electron chi connectivity index (χ2n) is 4.83. The zero-order valence-electron chi connectivity index (χ0n) is 11.7. The Morgan fingerprint density at radius 1 is 1.14 bits per heavy atom. The molecule has 0 saturated carbocycles. The molecular weight excluding hydrogens is 338 g/mol. The predicted molar refractivity (Wildman–Crippen MR) is 83.2 cm³/mol. The molecule has 0 aliphatic heterocycles. The molecule has 2 rings (SSSR count). The normalized spacial score (nSPS) is 12.4. The van der Waals surface area contributed by atoms with Crippen molar-refractivity contribution in [3.63, 3.8) is 0 Å². The molecule has 2 aromatic rings. The van der Waals surface area contributed by atoms with E-state index in [2.05, 4.69) is 26.2 Å². The molecule has 0 radical (unpaired) electrons. The van der Waals surface area contributed by atoms with E-state index in [1.807, 2.05) is 19.1 Å². The topological polar surface area (TPSA) is 24.9 Å². The van der Waals surface area contributed by atoms with Crippen molar-refractivity contribution < 1.29 is 8.78 Å². The molecule has 1 atom stereocenters. The SMILES string of the molecule is CCNC(Cc1ccc(Br)cn1)Cc1c(F)cccc1F. The molecule has 1 aromatic carbocycles. The zero-order chi connectivity index (χ0) is 15.2. The highest BCUT2D eigenvalue weighted by Crippen LogP contribution is 2.16. The first-order valence-electron chi connectivity index (χ1n) is 6.87. The molecule has 1 aromatic heterocycles. The number of benzene rings is 1. The van der Waals surface area contributed by atoms with Gasteiger partial charge in [0.15, 0.2) is 0 Å². The van der Waals surface area contributed by atoms with Crippen LogP contribution < -0.4 is 5.32 Å². The Balaban J connectivity index is 2.13. The van der Waals surface area contributed by atoms with Gasteiger partial charge in [-0.3, -0.25) is 4.98 Å². The number of rotatable bonds is 6. The summed E-state index contributed by atoms with van der Waals surface area (Å²) in [6.45, 7) is 2.71. The largest absolute Gasteiger partial charge is 0.314 e. The van der Waals surface area contributed by atoms with Gasteiger partial charge >= 0.3 is 0 Å². The van der Waals surface area contributed by atoms with Gasteiger partial charge in [-0.1, -0.05) is 13.0 Å². The van der Waals surface area contributed by atoms with Crippen LogP contribution in [0.1, 0.15) is 18.2 Å². The molecule has 0 aliphatic rings. The molecule has 1 N–H and O–H groups in total. The summed E-state index contributed by atoms with van der Waals surface area (Å²) in [6.07, 6.45) is 2.64. The minimum absolute atomic E-state index is 0.0601. The van der Waals surface area contributed by atoms with Gasteiger partial charge in [0.25, 0.3) is 0 Å². The lowest BCUT2D eigenvalue weighted by Gasteiger charge is -2.18. The van der Waals surface area contributed by atoms with Crippen LogP contribution in [0.3, 0.4) is 0 Å². The third-order valence-corrected chi connectivity index (χ3v) is 3.72. The van der Waals surface area contributed by atoms with Gasteiger partial charge in [-0.15, -0.1) is 0 Å². The second kappa shape index (κ2) is 7.61. The van der Waals surface area contributed by atoms with Gasteiger partial charge < -0.3 is 5.32 Å². The van der Waals surface area contributed by atoms with Crippen LogP contribution in [-0.2, 0) is 12.8 Å². The van der Waals surface area contributed by atoms with Crippen LogP contribution in [0.4, 0.5) is 8.78 Å². The minimum Gasteiger partial charge on any atom is -0.314 e. The summed E-state index contributed by atoms with van der Waals surface area (Å²) in [6, 6.07) is 7.72. The Kier molecular flexibility index (Phi) is 5.82. The maximum Gasteiger partial charge on any atom is 0.129 e. The maximum absolute atomic E-state index is 13.8. The van der Waals surface area contributed by atoms with E-state index in [9.17, 15) is 8.78 Å². The summed E-state index contributed by atoms with van der Waals surface area (Å²) < 4.78 is 28.4. The molecule has 0 amide bonds. The average Bonchev–Trinajstić information content (AvgIpc) is 2.45. The van der Waals surface area contributed by atoms with Crippen molar-refractivity contribution in [2.24, 2.45) is 0 Å². The lowest BCUT2D eigenvalue weighted by atomic mass is 10.0. The van der Waals surface area contributed by atoms with Gasteiger partial charge in [0.1, 0.15) is 11.6 Å². The molecule has 112 valence electrons. The fraction of sp³-hybridized carbons (Fsp3) is 0.312. The third kappa shape index (κ3) is 4.58. The summed E-state index contributed by atoms with van der Waals surface area (Å²) in [5.41, 5.74) is 1.02. The molecule has 0 aliphatic carbocycles. The Bertz CT molecular complexity index is 567. The van der Waals surface area contributed by atoms with Crippen LogP contribution in [0.5, 0.6) is 0 Å². The molecule has 1 heterocycles. The predicted octanol–water partition coefficient (Wildman–Crippen LogP) is 3.89. The first-order chi connectivity index (χ1) is 10.1. The van der Waals surface area contributed by atoms with Crippen molar-refractivity contribution in [2.45, 2.75) is 25.8 Å². The fourth-order valence-corrected chi connectivity index (χ4v) is 2.49. The summed E-state index contributed by atoms with van der Waals surface area (Å²) in [7, 11) is 0. The zero-order valence-corrected chi connectivity index (χ0v) is 13.3. The summed E-state index contributed by atoms with van der Waals surface area (Å²) in [4.78, 5) is 4.31. The van der Waals surface area contributed by atoms with Crippen molar-refractivity contribution in [1.82, 2.24) is 10.3 Å². The maximum atomic E-state index is 13.8. The molecule has 0 bridgehead atoms. The lowest BCUT2D eigenvalue weighted by molar-refractivity contribution is 0.481. The first kappa shape index (κ1) is 16.0. The molecule has 5 heteroatoms. The van der Waals surface area contributed by atoms with Crippen LogP contribution in [0.25, 0.3) is 0 Å². The lowest BCUT2D eigenvalue weighted by Crippen LogP contribution is -2.34. The number of nitrogens with one attached hydrogen (secondary N) is 1. The second-order valence-corrected chi connectivity index (χ2v) is 5.75. The highest BCUT2D eigenvalue weighted by atomic mass is 79.9. The number of hydrogen-bond donors (Lipinski definition) is 1. The van der Waals surface area contributed by atoms with E-state index in [1.54, 1.807) is 6.20 Å². The summed E-state index contributed by atoms with van der Waals surface area (Å²) in [5, 5.41) is 3.26. The van der Waals surface area contributed by atoms with Gasteiger partial charge in [0, 0.05) is 34.4 Å². The number of pyridine rings is 1.